The van der Waals surface area contributed by atoms with Crippen molar-refractivity contribution in [1.29, 1.82) is 0 Å². The molecule has 1 aromatic carbocycles. The van der Waals surface area contributed by atoms with Gasteiger partial charge >= 0.3 is 0 Å². The summed E-state index contributed by atoms with van der Waals surface area (Å²) in [6, 6.07) is 5.54. The molecule has 2 aliphatic rings. The van der Waals surface area contributed by atoms with Gasteiger partial charge in [-0.25, -0.2) is 0 Å². The van der Waals surface area contributed by atoms with E-state index in [-0.39, 0.29) is 18.4 Å². The lowest BCUT2D eigenvalue weighted by Gasteiger charge is -2.21. The molecule has 1 aliphatic heterocycles. The van der Waals surface area contributed by atoms with Gasteiger partial charge in [-0.3, -0.25) is 9.59 Å². The SMILES string of the molecule is COCC(=O)Nc1ccc2c(c1)CN(C(=O)CCC1CCCC1)CCO2. The topological polar surface area (TPSA) is 67.9 Å². The number of benzene rings is 1. The molecular formula is C20H28N2O4. The first-order valence-electron chi connectivity index (χ1n) is 9.48. The van der Waals surface area contributed by atoms with Gasteiger partial charge in [0.05, 0.1) is 6.54 Å². The van der Waals surface area contributed by atoms with Crippen molar-refractivity contribution in [3.63, 3.8) is 0 Å². The number of ether oxygens (including phenoxy) is 2. The van der Waals surface area contributed by atoms with Crippen LogP contribution in [0.4, 0.5) is 5.69 Å². The van der Waals surface area contributed by atoms with Gasteiger partial charge in [-0.2, -0.15) is 0 Å². The van der Waals surface area contributed by atoms with Crippen molar-refractivity contribution in [3.8, 4) is 5.75 Å². The normalized spacial score (nSPS) is 17.3. The van der Waals surface area contributed by atoms with Crippen LogP contribution in [0.1, 0.15) is 44.1 Å². The van der Waals surface area contributed by atoms with E-state index in [1.54, 1.807) is 0 Å². The standard InChI is InChI=1S/C20H28N2O4/c1-25-14-19(23)21-17-7-8-18-16(12-17)13-22(10-11-26-18)20(24)9-6-15-4-2-3-5-15/h7-8,12,15H,2-6,9-11,13-14H2,1H3,(H,21,23). The van der Waals surface area contributed by atoms with E-state index in [1.165, 1.54) is 32.8 Å². The summed E-state index contributed by atoms with van der Waals surface area (Å²) in [5.41, 5.74) is 1.61. The lowest BCUT2D eigenvalue weighted by Crippen LogP contribution is -2.32. The molecule has 0 saturated heterocycles. The molecule has 0 aromatic heterocycles. The smallest absolute Gasteiger partial charge is 0.250 e. The molecule has 0 spiro atoms. The van der Waals surface area contributed by atoms with Crippen LogP contribution in [0.25, 0.3) is 0 Å². The fourth-order valence-corrected chi connectivity index (χ4v) is 3.80. The highest BCUT2D eigenvalue weighted by atomic mass is 16.5. The van der Waals surface area contributed by atoms with Crippen LogP contribution < -0.4 is 10.1 Å². The molecule has 1 saturated carbocycles. The van der Waals surface area contributed by atoms with E-state index in [4.69, 9.17) is 9.47 Å². The predicted octanol–water partition coefficient (Wildman–Crippen LogP) is 2.96. The second kappa shape index (κ2) is 9.03. The zero-order chi connectivity index (χ0) is 18.4. The second-order valence-electron chi connectivity index (χ2n) is 7.16. The maximum absolute atomic E-state index is 12.6. The van der Waals surface area contributed by atoms with Crippen LogP contribution in [0.3, 0.4) is 0 Å². The Morgan fingerprint density at radius 1 is 1.31 bits per heavy atom. The van der Waals surface area contributed by atoms with Gasteiger partial charge < -0.3 is 19.7 Å². The number of fused-ring (bicyclic) bond motifs is 1. The summed E-state index contributed by atoms with van der Waals surface area (Å²) < 4.78 is 10.6. The summed E-state index contributed by atoms with van der Waals surface area (Å²) in [7, 11) is 1.49. The van der Waals surface area contributed by atoms with Crippen LogP contribution in [0.2, 0.25) is 0 Å². The predicted molar refractivity (Wildman–Crippen MR) is 99.1 cm³/mol. The highest BCUT2D eigenvalue weighted by Crippen LogP contribution is 2.30. The number of anilines is 1. The quantitative estimate of drug-likeness (QED) is 0.847. The van der Waals surface area contributed by atoms with Crippen LogP contribution in [0, 0.1) is 5.92 Å². The summed E-state index contributed by atoms with van der Waals surface area (Å²) in [5, 5.41) is 2.80. The Bertz CT molecular complexity index is 641. The number of hydrogen-bond donors (Lipinski definition) is 1. The Balaban J connectivity index is 1.61. The minimum atomic E-state index is -0.202. The molecule has 6 heteroatoms. The largest absolute Gasteiger partial charge is 0.491 e. The monoisotopic (exact) mass is 360 g/mol. The molecule has 6 nitrogen and oxygen atoms in total. The van der Waals surface area contributed by atoms with Crippen molar-refractivity contribution < 1.29 is 19.1 Å². The van der Waals surface area contributed by atoms with Gasteiger partial charge in [0.2, 0.25) is 11.8 Å². The second-order valence-corrected chi connectivity index (χ2v) is 7.16. The van der Waals surface area contributed by atoms with Crippen LogP contribution in [-0.4, -0.2) is 43.6 Å². The van der Waals surface area contributed by atoms with Gasteiger partial charge in [0, 0.05) is 31.3 Å². The molecular weight excluding hydrogens is 332 g/mol. The number of nitrogens with zero attached hydrogens (tertiary/aromatic N) is 1. The van der Waals surface area contributed by atoms with Gasteiger partial charge in [-0.15, -0.1) is 0 Å². The molecule has 26 heavy (non-hydrogen) atoms. The summed E-state index contributed by atoms with van der Waals surface area (Å²) in [5.74, 6) is 1.49. The minimum Gasteiger partial charge on any atom is -0.491 e. The average molecular weight is 360 g/mol. The van der Waals surface area contributed by atoms with E-state index >= 15 is 0 Å². The van der Waals surface area contributed by atoms with Gasteiger partial charge in [0.1, 0.15) is 19.0 Å². The minimum absolute atomic E-state index is 0.0133. The fourth-order valence-electron chi connectivity index (χ4n) is 3.80. The maximum atomic E-state index is 12.6. The molecule has 2 amide bonds. The van der Waals surface area contributed by atoms with Crippen molar-refractivity contribution in [2.45, 2.75) is 45.1 Å². The van der Waals surface area contributed by atoms with Crippen molar-refractivity contribution in [1.82, 2.24) is 4.90 Å². The number of rotatable bonds is 6. The maximum Gasteiger partial charge on any atom is 0.250 e. The zero-order valence-electron chi connectivity index (χ0n) is 15.5. The lowest BCUT2D eigenvalue weighted by atomic mass is 10.0. The van der Waals surface area contributed by atoms with Gasteiger partial charge in [-0.1, -0.05) is 25.7 Å². The molecule has 142 valence electrons. The molecule has 1 fully saturated rings. The molecule has 0 radical (unpaired) electrons. The van der Waals surface area contributed by atoms with Crippen molar-refractivity contribution in [2.24, 2.45) is 5.92 Å². The Hall–Kier alpha value is -2.08. The number of nitrogens with one attached hydrogen (secondary N) is 1. The molecule has 0 unspecified atom stereocenters. The van der Waals surface area contributed by atoms with E-state index < -0.39 is 0 Å². The summed E-state index contributed by atoms with van der Waals surface area (Å²) in [4.78, 5) is 26.2. The Morgan fingerprint density at radius 3 is 2.88 bits per heavy atom. The summed E-state index contributed by atoms with van der Waals surface area (Å²) >= 11 is 0. The number of hydrogen-bond acceptors (Lipinski definition) is 4. The summed E-state index contributed by atoms with van der Waals surface area (Å²) in [6.45, 7) is 1.63. The van der Waals surface area contributed by atoms with Crippen LogP contribution >= 0.6 is 0 Å². The van der Waals surface area contributed by atoms with Crippen molar-refractivity contribution in [2.75, 3.05) is 32.2 Å². The highest BCUT2D eigenvalue weighted by Gasteiger charge is 2.22. The van der Waals surface area contributed by atoms with E-state index in [0.717, 1.165) is 23.7 Å². The van der Waals surface area contributed by atoms with Crippen molar-refractivity contribution in [3.05, 3.63) is 23.8 Å². The average Bonchev–Trinajstić information content (AvgIpc) is 3.05. The first-order valence-corrected chi connectivity index (χ1v) is 9.48. The first-order chi connectivity index (χ1) is 12.7. The van der Waals surface area contributed by atoms with Crippen LogP contribution in [0.15, 0.2) is 18.2 Å². The fraction of sp³-hybridized carbons (Fsp3) is 0.600. The Kier molecular flexibility index (Phi) is 6.50. The molecule has 1 aliphatic carbocycles. The van der Waals surface area contributed by atoms with E-state index in [0.29, 0.717) is 31.8 Å². The van der Waals surface area contributed by atoms with E-state index in [2.05, 4.69) is 5.32 Å². The third-order valence-electron chi connectivity index (χ3n) is 5.19. The molecule has 3 rings (SSSR count). The third-order valence-corrected chi connectivity index (χ3v) is 5.19. The summed E-state index contributed by atoms with van der Waals surface area (Å²) in [6.07, 6.45) is 6.76. The Labute approximate surface area is 154 Å². The van der Waals surface area contributed by atoms with Crippen LogP contribution in [0.5, 0.6) is 5.75 Å². The third kappa shape index (κ3) is 4.97. The molecule has 1 aromatic rings. The lowest BCUT2D eigenvalue weighted by molar-refractivity contribution is -0.132. The molecule has 0 atom stereocenters. The molecule has 1 heterocycles. The molecule has 0 bridgehead atoms. The molecule has 1 N–H and O–H groups in total. The van der Waals surface area contributed by atoms with Gasteiger partial charge in [0.15, 0.2) is 0 Å². The zero-order valence-corrected chi connectivity index (χ0v) is 15.5. The van der Waals surface area contributed by atoms with E-state index in [1.807, 2.05) is 23.1 Å². The highest BCUT2D eigenvalue weighted by molar-refractivity contribution is 5.91. The number of carbonyl (C=O) groups excluding carboxylic acids is 2. The van der Waals surface area contributed by atoms with Crippen molar-refractivity contribution >= 4 is 17.5 Å². The van der Waals surface area contributed by atoms with Crippen LogP contribution in [-0.2, 0) is 20.9 Å². The number of carbonyl (C=O) groups is 2. The first kappa shape index (κ1) is 18.7. The van der Waals surface area contributed by atoms with E-state index in [9.17, 15) is 9.59 Å². The Morgan fingerprint density at radius 2 is 2.12 bits per heavy atom. The number of methoxy groups -OCH3 is 1. The van der Waals surface area contributed by atoms with Gasteiger partial charge in [-0.05, 0) is 30.5 Å². The number of amides is 2. The van der Waals surface area contributed by atoms with Gasteiger partial charge in [0.25, 0.3) is 0 Å².